The number of carbonyl (C=O) groups is 1. The zero-order valence-corrected chi connectivity index (χ0v) is 16.3. The van der Waals surface area contributed by atoms with Gasteiger partial charge in [0.25, 0.3) is 5.22 Å². The van der Waals surface area contributed by atoms with Gasteiger partial charge in [-0.1, -0.05) is 30.0 Å². The third kappa shape index (κ3) is 5.82. The maximum Gasteiger partial charge on any atom is 0.277 e. The Morgan fingerprint density at radius 2 is 1.89 bits per heavy atom. The lowest BCUT2D eigenvalue weighted by Crippen LogP contribution is -2.29. The molecular formula is C20H21FN4O2S. The highest BCUT2D eigenvalue weighted by Gasteiger charge is 2.11. The van der Waals surface area contributed by atoms with E-state index in [4.69, 9.17) is 4.42 Å². The van der Waals surface area contributed by atoms with Gasteiger partial charge >= 0.3 is 0 Å². The van der Waals surface area contributed by atoms with Gasteiger partial charge < -0.3 is 14.6 Å². The maximum atomic E-state index is 13.0. The van der Waals surface area contributed by atoms with Crippen LogP contribution in [0.5, 0.6) is 0 Å². The van der Waals surface area contributed by atoms with Gasteiger partial charge in [-0.05, 0) is 42.8 Å². The average Bonchev–Trinajstić information content (AvgIpc) is 3.20. The zero-order chi connectivity index (χ0) is 19.8. The number of nitrogens with zero attached hydrogens (tertiary/aromatic N) is 3. The van der Waals surface area contributed by atoms with E-state index in [9.17, 15) is 9.18 Å². The van der Waals surface area contributed by atoms with Gasteiger partial charge in [-0.3, -0.25) is 4.79 Å². The van der Waals surface area contributed by atoms with E-state index in [1.165, 1.54) is 23.9 Å². The number of hydrogen-bond acceptors (Lipinski definition) is 6. The number of amides is 1. The van der Waals surface area contributed by atoms with Crippen LogP contribution in [-0.2, 0) is 4.79 Å². The van der Waals surface area contributed by atoms with Gasteiger partial charge in [-0.2, -0.15) is 0 Å². The predicted octanol–water partition coefficient (Wildman–Crippen LogP) is 3.61. The number of para-hydroxylation sites is 1. The molecule has 8 heteroatoms. The number of carbonyl (C=O) groups excluding carboxylic acids is 1. The van der Waals surface area contributed by atoms with Crippen molar-refractivity contribution in [3.8, 4) is 11.5 Å². The number of benzene rings is 2. The van der Waals surface area contributed by atoms with Crippen molar-refractivity contribution in [3.05, 3.63) is 60.4 Å². The minimum Gasteiger partial charge on any atom is -0.411 e. The van der Waals surface area contributed by atoms with Crippen LogP contribution in [0.2, 0.25) is 0 Å². The van der Waals surface area contributed by atoms with E-state index in [-0.39, 0.29) is 17.5 Å². The molecule has 0 saturated carbocycles. The van der Waals surface area contributed by atoms with Gasteiger partial charge in [0, 0.05) is 31.4 Å². The standard InChI is InChI=1S/C20H21FN4O2S/c1-25(17-6-3-2-4-7-17)13-5-12-22-18(26)14-28-20-24-23-19(27-20)15-8-10-16(21)11-9-15/h2-4,6-11H,5,12-14H2,1H3,(H,22,26). The number of anilines is 1. The summed E-state index contributed by atoms with van der Waals surface area (Å²) in [7, 11) is 2.03. The van der Waals surface area contributed by atoms with E-state index >= 15 is 0 Å². The summed E-state index contributed by atoms with van der Waals surface area (Å²) in [5, 5.41) is 11.0. The quantitative estimate of drug-likeness (QED) is 0.437. The second-order valence-corrected chi connectivity index (χ2v) is 7.06. The number of thioether (sulfide) groups is 1. The molecule has 0 aliphatic rings. The number of halogens is 1. The summed E-state index contributed by atoms with van der Waals surface area (Å²) in [4.78, 5) is 14.1. The van der Waals surface area contributed by atoms with Crippen molar-refractivity contribution < 1.29 is 13.6 Å². The first-order valence-electron chi connectivity index (χ1n) is 8.87. The van der Waals surface area contributed by atoms with Crippen molar-refractivity contribution in [3.63, 3.8) is 0 Å². The Morgan fingerprint density at radius 3 is 2.64 bits per heavy atom. The molecule has 0 atom stereocenters. The molecule has 0 radical (unpaired) electrons. The van der Waals surface area contributed by atoms with Crippen molar-refractivity contribution in [2.24, 2.45) is 0 Å². The summed E-state index contributed by atoms with van der Waals surface area (Å²) in [6.07, 6.45) is 0.844. The third-order valence-electron chi connectivity index (χ3n) is 4.01. The highest BCUT2D eigenvalue weighted by molar-refractivity contribution is 7.99. The Labute approximate surface area is 167 Å². The second-order valence-electron chi connectivity index (χ2n) is 6.13. The predicted molar refractivity (Wildman–Crippen MR) is 108 cm³/mol. The number of rotatable bonds is 9. The van der Waals surface area contributed by atoms with E-state index in [0.29, 0.717) is 23.2 Å². The zero-order valence-electron chi connectivity index (χ0n) is 15.5. The first-order chi connectivity index (χ1) is 13.6. The molecule has 1 aromatic heterocycles. The molecule has 3 rings (SSSR count). The second kappa shape index (κ2) is 9.89. The lowest BCUT2D eigenvalue weighted by Gasteiger charge is -2.19. The van der Waals surface area contributed by atoms with E-state index in [0.717, 1.165) is 18.7 Å². The Balaban J connectivity index is 1.36. The van der Waals surface area contributed by atoms with Gasteiger partial charge in [-0.25, -0.2) is 4.39 Å². The van der Waals surface area contributed by atoms with Crippen LogP contribution in [0.4, 0.5) is 10.1 Å². The van der Waals surface area contributed by atoms with Crippen LogP contribution in [0.15, 0.2) is 64.2 Å². The molecule has 0 aliphatic carbocycles. The molecule has 146 valence electrons. The molecule has 2 aromatic carbocycles. The normalized spacial score (nSPS) is 10.6. The van der Waals surface area contributed by atoms with Crippen LogP contribution >= 0.6 is 11.8 Å². The van der Waals surface area contributed by atoms with Crippen LogP contribution in [0.25, 0.3) is 11.5 Å². The maximum absolute atomic E-state index is 13.0. The largest absolute Gasteiger partial charge is 0.411 e. The lowest BCUT2D eigenvalue weighted by atomic mass is 10.2. The van der Waals surface area contributed by atoms with Crippen molar-refractivity contribution in [2.75, 3.05) is 30.8 Å². The van der Waals surface area contributed by atoms with Gasteiger partial charge in [-0.15, -0.1) is 10.2 Å². The van der Waals surface area contributed by atoms with E-state index in [1.54, 1.807) is 12.1 Å². The highest BCUT2D eigenvalue weighted by Crippen LogP contribution is 2.23. The fourth-order valence-corrected chi connectivity index (χ4v) is 3.10. The fraction of sp³-hybridized carbons (Fsp3) is 0.250. The molecule has 0 aliphatic heterocycles. The third-order valence-corrected chi connectivity index (χ3v) is 4.83. The van der Waals surface area contributed by atoms with Crippen molar-refractivity contribution in [1.82, 2.24) is 15.5 Å². The van der Waals surface area contributed by atoms with E-state index in [2.05, 4.69) is 32.5 Å². The molecule has 0 spiro atoms. The molecule has 6 nitrogen and oxygen atoms in total. The molecule has 0 fully saturated rings. The average molecular weight is 400 g/mol. The Bertz CT molecular complexity index is 887. The number of hydrogen-bond donors (Lipinski definition) is 1. The van der Waals surface area contributed by atoms with Gasteiger partial charge in [0.2, 0.25) is 11.8 Å². The van der Waals surface area contributed by atoms with Gasteiger partial charge in [0.1, 0.15) is 5.82 Å². The monoisotopic (exact) mass is 400 g/mol. The molecule has 0 saturated heterocycles. The topological polar surface area (TPSA) is 71.3 Å². The summed E-state index contributed by atoms with van der Waals surface area (Å²) in [5.74, 6) is 0.0739. The molecular weight excluding hydrogens is 379 g/mol. The first-order valence-corrected chi connectivity index (χ1v) is 9.85. The number of aromatic nitrogens is 2. The molecule has 0 unspecified atom stereocenters. The summed E-state index contributed by atoms with van der Waals surface area (Å²) < 4.78 is 18.5. The van der Waals surface area contributed by atoms with E-state index < -0.39 is 0 Å². The minimum atomic E-state index is -0.329. The summed E-state index contributed by atoms with van der Waals surface area (Å²) in [5.41, 5.74) is 1.78. The molecule has 1 amide bonds. The van der Waals surface area contributed by atoms with E-state index in [1.807, 2.05) is 25.2 Å². The molecule has 3 aromatic rings. The summed E-state index contributed by atoms with van der Waals surface area (Å²) >= 11 is 1.17. The van der Waals surface area contributed by atoms with Crippen molar-refractivity contribution in [1.29, 1.82) is 0 Å². The Kier molecular flexibility index (Phi) is 7.02. The van der Waals surface area contributed by atoms with Crippen LogP contribution in [0.3, 0.4) is 0 Å². The smallest absolute Gasteiger partial charge is 0.277 e. The van der Waals surface area contributed by atoms with Crippen LogP contribution < -0.4 is 10.2 Å². The SMILES string of the molecule is CN(CCCNC(=O)CSc1nnc(-c2ccc(F)cc2)o1)c1ccccc1. The van der Waals surface area contributed by atoms with Gasteiger partial charge in [0.15, 0.2) is 0 Å². The Hall–Kier alpha value is -2.87. The van der Waals surface area contributed by atoms with Crippen LogP contribution in [0.1, 0.15) is 6.42 Å². The summed E-state index contributed by atoms with van der Waals surface area (Å²) in [6, 6.07) is 15.9. The highest BCUT2D eigenvalue weighted by atomic mass is 32.2. The fourth-order valence-electron chi connectivity index (χ4n) is 2.51. The molecule has 28 heavy (non-hydrogen) atoms. The van der Waals surface area contributed by atoms with Gasteiger partial charge in [0.05, 0.1) is 5.75 Å². The molecule has 1 N–H and O–H groups in total. The van der Waals surface area contributed by atoms with Crippen LogP contribution in [-0.4, -0.2) is 42.0 Å². The lowest BCUT2D eigenvalue weighted by molar-refractivity contribution is -0.118. The van der Waals surface area contributed by atoms with Crippen LogP contribution in [0, 0.1) is 5.82 Å². The van der Waals surface area contributed by atoms with Crippen molar-refractivity contribution >= 4 is 23.4 Å². The minimum absolute atomic E-state index is 0.0890. The summed E-state index contributed by atoms with van der Waals surface area (Å²) in [6.45, 7) is 1.45. The molecule has 1 heterocycles. The number of nitrogens with one attached hydrogen (secondary N) is 1. The Morgan fingerprint density at radius 1 is 1.14 bits per heavy atom. The first kappa shape index (κ1) is 19.9. The molecule has 0 bridgehead atoms. The van der Waals surface area contributed by atoms with Crippen molar-refractivity contribution in [2.45, 2.75) is 11.6 Å².